The van der Waals surface area contributed by atoms with Gasteiger partial charge in [0, 0.05) is 18.7 Å². The number of nitrogens with one attached hydrogen (secondary N) is 1. The van der Waals surface area contributed by atoms with Gasteiger partial charge in [0.2, 0.25) is 5.91 Å². The molecule has 9 nitrogen and oxygen atoms in total. The van der Waals surface area contributed by atoms with Gasteiger partial charge in [0.15, 0.2) is 0 Å². The van der Waals surface area contributed by atoms with Crippen LogP contribution in [0.5, 0.6) is 11.5 Å². The average molecular weight is 864 g/mol. The summed E-state index contributed by atoms with van der Waals surface area (Å²) in [5.41, 5.74) is 4.15. The number of benzene rings is 5. The molecule has 0 spiro atoms. The Morgan fingerprint density at radius 2 is 1.27 bits per heavy atom. The molecule has 0 radical (unpaired) electrons. The Bertz CT molecular complexity index is 2200. The van der Waals surface area contributed by atoms with E-state index in [-0.39, 0.29) is 49.9 Å². The zero-order valence-electron chi connectivity index (χ0n) is 34.3. The van der Waals surface area contributed by atoms with Crippen LogP contribution >= 0.6 is 0 Å². The monoisotopic (exact) mass is 863 g/mol. The third-order valence-corrected chi connectivity index (χ3v) is 10.2. The van der Waals surface area contributed by atoms with Crippen LogP contribution in [-0.4, -0.2) is 44.3 Å². The van der Waals surface area contributed by atoms with Gasteiger partial charge in [0.25, 0.3) is 0 Å². The van der Waals surface area contributed by atoms with E-state index in [0.717, 1.165) is 16.9 Å². The summed E-state index contributed by atoms with van der Waals surface area (Å²) in [4.78, 5) is 28.8. The Labute approximate surface area is 356 Å². The van der Waals surface area contributed by atoms with Crippen molar-refractivity contribution >= 4 is 12.0 Å². The highest BCUT2D eigenvalue weighted by atomic mass is 19.4. The number of halogens is 6. The molecule has 15 heteroatoms. The molecule has 0 aromatic heterocycles. The molecule has 2 amide bonds. The summed E-state index contributed by atoms with van der Waals surface area (Å²) < 4.78 is 104. The number of nitrogens with zero attached hydrogens (tertiary/aromatic N) is 1. The summed E-state index contributed by atoms with van der Waals surface area (Å²) in [5.74, 6) is 1.07. The number of carbonyl (C=O) groups is 2. The maximum atomic E-state index is 14.0. The van der Waals surface area contributed by atoms with Gasteiger partial charge in [0.1, 0.15) is 18.1 Å². The van der Waals surface area contributed by atoms with Crippen molar-refractivity contribution in [3.05, 3.63) is 178 Å². The van der Waals surface area contributed by atoms with Gasteiger partial charge < -0.3 is 30.0 Å². The molecule has 0 unspecified atom stereocenters. The van der Waals surface area contributed by atoms with Crippen LogP contribution < -0.4 is 20.5 Å². The molecule has 5 aromatic rings. The summed E-state index contributed by atoms with van der Waals surface area (Å²) in [6.07, 6.45) is -10.5. The first-order valence-electron chi connectivity index (χ1n) is 19.4. The van der Waals surface area contributed by atoms with Crippen LogP contribution in [0.15, 0.2) is 139 Å². The molecule has 0 saturated carbocycles. The summed E-state index contributed by atoms with van der Waals surface area (Å²) >= 11 is 0. The first kappa shape index (κ1) is 46.7. The lowest BCUT2D eigenvalue weighted by Crippen LogP contribution is -2.56. The molecule has 2 atom stereocenters. The van der Waals surface area contributed by atoms with E-state index in [0.29, 0.717) is 35.6 Å². The van der Waals surface area contributed by atoms with E-state index >= 15 is 0 Å². The SMILES string of the molecule is COc1ccc(CN)cc1.COc1ccc(CNC(=O)C2=CC[C@@](CO[C@H](C)c3cc(C(F)(F)F)cc(C(F)(F)F)c3)(c3ccccc3)N(C(=O)OCc3ccccc3)C2)cc1. The zero-order chi connectivity index (χ0) is 44.9. The molecule has 1 aliphatic heterocycles. The highest BCUT2D eigenvalue weighted by Gasteiger charge is 2.46. The molecule has 0 bridgehead atoms. The van der Waals surface area contributed by atoms with Crippen LogP contribution in [0.3, 0.4) is 0 Å². The predicted octanol–water partition coefficient (Wildman–Crippen LogP) is 10.1. The molecular weight excluding hydrogens is 817 g/mol. The van der Waals surface area contributed by atoms with Gasteiger partial charge in [0.05, 0.1) is 50.1 Å². The van der Waals surface area contributed by atoms with Crippen LogP contribution in [0, 0.1) is 0 Å². The van der Waals surface area contributed by atoms with Crippen molar-refractivity contribution in [1.82, 2.24) is 10.2 Å². The molecule has 1 heterocycles. The fourth-order valence-electron chi connectivity index (χ4n) is 6.61. The van der Waals surface area contributed by atoms with Gasteiger partial charge in [-0.15, -0.1) is 0 Å². The predicted molar refractivity (Wildman–Crippen MR) is 221 cm³/mol. The van der Waals surface area contributed by atoms with Crippen molar-refractivity contribution in [2.45, 2.75) is 57.0 Å². The van der Waals surface area contributed by atoms with Gasteiger partial charge in [-0.25, -0.2) is 4.79 Å². The van der Waals surface area contributed by atoms with Crippen LogP contribution in [0.1, 0.15) is 58.4 Å². The van der Waals surface area contributed by atoms with E-state index in [9.17, 15) is 35.9 Å². The summed E-state index contributed by atoms with van der Waals surface area (Å²) in [6.45, 7) is 1.39. The molecule has 3 N–H and O–H groups in total. The minimum absolute atomic E-state index is 0.00580. The van der Waals surface area contributed by atoms with Crippen LogP contribution in [-0.2, 0) is 51.9 Å². The molecule has 6 rings (SSSR count). The van der Waals surface area contributed by atoms with Gasteiger partial charge in [-0.2, -0.15) is 26.3 Å². The third kappa shape index (κ3) is 12.4. The number of hydrogen-bond acceptors (Lipinski definition) is 7. The number of ether oxygens (including phenoxy) is 4. The Morgan fingerprint density at radius 3 is 1.79 bits per heavy atom. The molecule has 0 saturated heterocycles. The van der Waals surface area contributed by atoms with Crippen molar-refractivity contribution < 1.29 is 54.9 Å². The molecule has 62 heavy (non-hydrogen) atoms. The van der Waals surface area contributed by atoms with E-state index in [2.05, 4.69) is 5.32 Å². The number of amides is 2. The van der Waals surface area contributed by atoms with E-state index in [4.69, 9.17) is 24.7 Å². The molecule has 0 aliphatic carbocycles. The van der Waals surface area contributed by atoms with E-state index in [1.165, 1.54) is 11.8 Å². The zero-order valence-corrected chi connectivity index (χ0v) is 34.3. The maximum Gasteiger partial charge on any atom is 0.416 e. The van der Waals surface area contributed by atoms with Crippen LogP contribution in [0.2, 0.25) is 0 Å². The standard InChI is InChI=1S/C39H36F6N2O5.C8H11NO/c1-26(30-19-32(38(40,41)42)21-33(20-30)39(43,44)45)52-25-37(31-11-7-4-8-12-31)18-17-29(35(48)46-22-27-13-15-34(50-2)16-14-27)23-47(37)36(49)51-24-28-9-5-3-6-10-28;1-10-8-4-2-7(6-9)3-5-8/h3-17,19-21,26H,18,22-25H2,1-2H3,(H,46,48);2-5H,6,9H2,1H3/t26-,37-;/m1./s1. The molecule has 1 aliphatic rings. The van der Waals surface area contributed by atoms with Crippen molar-refractivity contribution in [2.24, 2.45) is 5.73 Å². The van der Waals surface area contributed by atoms with Gasteiger partial charge in [-0.1, -0.05) is 91.0 Å². The second kappa shape index (κ2) is 21.0. The minimum Gasteiger partial charge on any atom is -0.497 e. The lowest BCUT2D eigenvalue weighted by atomic mass is 9.81. The second-order valence-corrected chi connectivity index (χ2v) is 14.3. The molecule has 328 valence electrons. The Morgan fingerprint density at radius 1 is 0.742 bits per heavy atom. The number of hydrogen-bond donors (Lipinski definition) is 2. The number of rotatable bonds is 13. The summed E-state index contributed by atoms with van der Waals surface area (Å²) in [5, 5.41) is 2.86. The highest BCUT2D eigenvalue weighted by molar-refractivity contribution is 5.94. The van der Waals surface area contributed by atoms with Crippen molar-refractivity contribution in [1.29, 1.82) is 0 Å². The molecular formula is C47H47F6N3O6. The quantitative estimate of drug-likeness (QED) is 0.113. The number of nitrogens with two attached hydrogens (primary N) is 1. The Hall–Kier alpha value is -6.32. The first-order valence-corrected chi connectivity index (χ1v) is 19.4. The van der Waals surface area contributed by atoms with Crippen LogP contribution in [0.4, 0.5) is 31.1 Å². The highest BCUT2D eigenvalue weighted by Crippen LogP contribution is 2.41. The van der Waals surface area contributed by atoms with Gasteiger partial charge >= 0.3 is 18.4 Å². The fraction of sp³-hybridized carbons (Fsp3) is 0.277. The van der Waals surface area contributed by atoms with Crippen molar-refractivity contribution in [3.8, 4) is 11.5 Å². The lowest BCUT2D eigenvalue weighted by molar-refractivity contribution is -0.143. The van der Waals surface area contributed by atoms with Crippen molar-refractivity contribution in [3.63, 3.8) is 0 Å². The fourth-order valence-corrected chi connectivity index (χ4v) is 6.61. The average Bonchev–Trinajstić information content (AvgIpc) is 3.29. The number of alkyl halides is 6. The topological polar surface area (TPSA) is 112 Å². The van der Waals surface area contributed by atoms with E-state index < -0.39 is 47.1 Å². The normalized spacial score (nSPS) is 15.6. The van der Waals surface area contributed by atoms with Gasteiger partial charge in [-0.05, 0) is 83.6 Å². The lowest BCUT2D eigenvalue weighted by Gasteiger charge is -2.46. The molecule has 5 aromatic carbocycles. The third-order valence-electron chi connectivity index (χ3n) is 10.2. The number of methoxy groups -OCH3 is 2. The maximum absolute atomic E-state index is 14.0. The van der Waals surface area contributed by atoms with Crippen molar-refractivity contribution in [2.75, 3.05) is 27.4 Å². The number of carbonyl (C=O) groups excluding carboxylic acids is 2. The Balaban J connectivity index is 0.000000637. The van der Waals surface area contributed by atoms with E-state index in [1.807, 2.05) is 24.3 Å². The molecule has 0 fully saturated rings. The van der Waals surface area contributed by atoms with Crippen LogP contribution in [0.25, 0.3) is 0 Å². The van der Waals surface area contributed by atoms with Gasteiger partial charge in [-0.3, -0.25) is 9.69 Å². The Kier molecular flexibility index (Phi) is 15.8. The largest absolute Gasteiger partial charge is 0.497 e. The summed E-state index contributed by atoms with van der Waals surface area (Å²) in [6, 6.07) is 33.6. The summed E-state index contributed by atoms with van der Waals surface area (Å²) in [7, 11) is 3.19. The van der Waals surface area contributed by atoms with E-state index in [1.54, 1.807) is 105 Å². The minimum atomic E-state index is -5.04. The first-order chi connectivity index (χ1) is 29.6. The second-order valence-electron chi connectivity index (χ2n) is 14.3. The smallest absolute Gasteiger partial charge is 0.416 e.